The highest BCUT2D eigenvalue weighted by Crippen LogP contribution is 2.36. The minimum Gasteiger partial charge on any atom is -0.355 e. The molecule has 218 valence electrons. The molecule has 3 heterocycles. The van der Waals surface area contributed by atoms with Crippen molar-refractivity contribution in [3.63, 3.8) is 0 Å². The minimum absolute atomic E-state index is 0.0786. The molecule has 0 saturated heterocycles. The van der Waals surface area contributed by atoms with Gasteiger partial charge in [-0.25, -0.2) is 14.2 Å². The summed E-state index contributed by atoms with van der Waals surface area (Å²) in [6.45, 7) is 5.28. The third-order valence-corrected chi connectivity index (χ3v) is 7.88. The van der Waals surface area contributed by atoms with Gasteiger partial charge in [-0.1, -0.05) is 15.9 Å². The Morgan fingerprint density at radius 3 is 2.31 bits per heavy atom. The Kier molecular flexibility index (Phi) is 7.56. The van der Waals surface area contributed by atoms with E-state index < -0.39 is 23.7 Å². The lowest BCUT2D eigenvalue weighted by molar-refractivity contribution is -0.138. The highest BCUT2D eigenvalue weighted by Gasteiger charge is 2.36. The minimum atomic E-state index is -4.64. The Bertz CT molecular complexity index is 1780. The van der Waals surface area contributed by atoms with Crippen molar-refractivity contribution in [2.24, 2.45) is 0 Å². The molecule has 1 aliphatic heterocycles. The molecule has 1 unspecified atom stereocenters. The van der Waals surface area contributed by atoms with Crippen LogP contribution in [0, 0.1) is 13.8 Å². The van der Waals surface area contributed by atoms with Gasteiger partial charge in [-0.2, -0.15) is 18.3 Å². The normalized spacial score (nSPS) is 15.0. The molecular formula is C29H26BrF3N6O3. The van der Waals surface area contributed by atoms with E-state index in [1.54, 1.807) is 38.1 Å². The van der Waals surface area contributed by atoms with Crippen molar-refractivity contribution >= 4 is 27.7 Å². The summed E-state index contributed by atoms with van der Waals surface area (Å²) >= 11 is 2.91. The quantitative estimate of drug-likeness (QED) is 0.346. The standard InChI is InChI=1S/C29H26BrF3N6O3/c1-15-11-17(3)39(36-15)28-35-24-14-37(26(41)19-7-10-23(30)22(13-19)29(31,32)33)16(2)12-21(24)27(42)38(28)20-8-5-18(6-9-20)25(40)34-4/h5-11,13,16H,12,14H2,1-4H3,(H,34,40). The van der Waals surface area contributed by atoms with Gasteiger partial charge in [0.15, 0.2) is 0 Å². The van der Waals surface area contributed by atoms with Crippen LogP contribution in [0.4, 0.5) is 13.2 Å². The molecule has 2 aromatic carbocycles. The third-order valence-electron chi connectivity index (χ3n) is 7.19. The van der Waals surface area contributed by atoms with Crippen molar-refractivity contribution in [1.29, 1.82) is 0 Å². The van der Waals surface area contributed by atoms with Crippen molar-refractivity contribution in [1.82, 2.24) is 29.5 Å². The van der Waals surface area contributed by atoms with E-state index in [-0.39, 0.29) is 40.4 Å². The van der Waals surface area contributed by atoms with Crippen LogP contribution in [0.1, 0.15) is 55.8 Å². The molecule has 1 N–H and O–H groups in total. The fraction of sp³-hybridized carbons (Fsp3) is 0.276. The summed E-state index contributed by atoms with van der Waals surface area (Å²) in [6.07, 6.45) is -4.50. The summed E-state index contributed by atoms with van der Waals surface area (Å²) in [7, 11) is 1.52. The van der Waals surface area contributed by atoms with Crippen LogP contribution < -0.4 is 10.9 Å². The molecule has 0 saturated carbocycles. The average molecular weight is 643 g/mol. The largest absolute Gasteiger partial charge is 0.417 e. The molecule has 13 heteroatoms. The summed E-state index contributed by atoms with van der Waals surface area (Å²) in [4.78, 5) is 45.8. The predicted octanol–water partition coefficient (Wildman–Crippen LogP) is 4.76. The smallest absolute Gasteiger partial charge is 0.355 e. The number of aromatic nitrogens is 4. The van der Waals surface area contributed by atoms with Crippen molar-refractivity contribution in [2.45, 2.75) is 46.0 Å². The number of halogens is 4. The number of rotatable bonds is 4. The Labute approximate surface area is 247 Å². The monoisotopic (exact) mass is 642 g/mol. The molecule has 9 nitrogen and oxygen atoms in total. The summed E-state index contributed by atoms with van der Waals surface area (Å²) in [5.74, 6) is -0.695. The molecule has 1 atom stereocenters. The second-order valence-corrected chi connectivity index (χ2v) is 11.0. The van der Waals surface area contributed by atoms with Gasteiger partial charge in [0.1, 0.15) is 0 Å². The molecule has 42 heavy (non-hydrogen) atoms. The molecule has 4 aromatic rings. The van der Waals surface area contributed by atoms with Gasteiger partial charge in [0.2, 0.25) is 5.95 Å². The molecule has 0 fully saturated rings. The highest BCUT2D eigenvalue weighted by molar-refractivity contribution is 9.10. The summed E-state index contributed by atoms with van der Waals surface area (Å²) in [5.41, 5.74) is 1.57. The van der Waals surface area contributed by atoms with Crippen LogP contribution in [0.25, 0.3) is 11.6 Å². The molecule has 2 amide bonds. The number of alkyl halides is 3. The van der Waals surface area contributed by atoms with E-state index in [9.17, 15) is 27.6 Å². The number of amides is 2. The second kappa shape index (κ2) is 10.9. The molecule has 0 bridgehead atoms. The maximum atomic E-state index is 14.1. The van der Waals surface area contributed by atoms with Crippen LogP contribution in [-0.4, -0.2) is 49.1 Å². The van der Waals surface area contributed by atoms with Gasteiger partial charge in [0.05, 0.1) is 29.2 Å². The first-order valence-corrected chi connectivity index (χ1v) is 13.8. The summed E-state index contributed by atoms with van der Waals surface area (Å²) < 4.78 is 43.3. The lowest BCUT2D eigenvalue weighted by Crippen LogP contribution is -2.46. The maximum absolute atomic E-state index is 14.1. The Morgan fingerprint density at radius 2 is 1.71 bits per heavy atom. The number of carbonyl (C=O) groups excluding carboxylic acids is 2. The molecule has 0 radical (unpaired) electrons. The van der Waals surface area contributed by atoms with E-state index in [1.807, 2.05) is 13.0 Å². The van der Waals surface area contributed by atoms with Crippen LogP contribution in [0.2, 0.25) is 0 Å². The topological polar surface area (TPSA) is 102 Å². The number of benzene rings is 2. The third kappa shape index (κ3) is 5.24. The average Bonchev–Trinajstić information content (AvgIpc) is 3.29. The van der Waals surface area contributed by atoms with Crippen LogP contribution in [0.3, 0.4) is 0 Å². The number of hydrogen-bond acceptors (Lipinski definition) is 5. The number of fused-ring (bicyclic) bond motifs is 1. The second-order valence-electron chi connectivity index (χ2n) is 10.1. The fourth-order valence-corrected chi connectivity index (χ4v) is 5.54. The number of aryl methyl sites for hydroxylation is 2. The molecule has 2 aromatic heterocycles. The van der Waals surface area contributed by atoms with Gasteiger partial charge >= 0.3 is 6.18 Å². The van der Waals surface area contributed by atoms with E-state index in [0.717, 1.165) is 6.07 Å². The summed E-state index contributed by atoms with van der Waals surface area (Å²) in [6, 6.07) is 11.2. The van der Waals surface area contributed by atoms with E-state index in [0.29, 0.717) is 33.9 Å². The first-order chi connectivity index (χ1) is 19.8. The van der Waals surface area contributed by atoms with Crippen molar-refractivity contribution in [3.05, 3.63) is 103 Å². The lowest BCUT2D eigenvalue weighted by atomic mass is 9.98. The molecular weight excluding hydrogens is 617 g/mol. The van der Waals surface area contributed by atoms with Crippen molar-refractivity contribution in [3.8, 4) is 11.6 Å². The van der Waals surface area contributed by atoms with Crippen LogP contribution in [0.15, 0.2) is 57.8 Å². The highest BCUT2D eigenvalue weighted by atomic mass is 79.9. The zero-order valence-corrected chi connectivity index (χ0v) is 24.7. The number of hydrogen-bond donors (Lipinski definition) is 1. The Balaban J connectivity index is 1.62. The van der Waals surface area contributed by atoms with E-state index in [1.165, 1.54) is 33.3 Å². The Hall–Kier alpha value is -4.26. The van der Waals surface area contributed by atoms with E-state index >= 15 is 0 Å². The fourth-order valence-electron chi connectivity index (χ4n) is 5.07. The van der Waals surface area contributed by atoms with Gasteiger partial charge < -0.3 is 10.2 Å². The SMILES string of the molecule is CNC(=O)c1ccc(-n2c(-n3nc(C)cc3C)nc3c(c2=O)CC(C)N(C(=O)c2ccc(Br)c(C(F)(F)F)c2)C3)cc1. The molecule has 5 rings (SSSR count). The maximum Gasteiger partial charge on any atom is 0.417 e. The first kappa shape index (κ1) is 29.2. The predicted molar refractivity (Wildman–Crippen MR) is 152 cm³/mol. The van der Waals surface area contributed by atoms with Crippen LogP contribution in [0.5, 0.6) is 0 Å². The number of nitrogens with zero attached hydrogens (tertiary/aromatic N) is 5. The van der Waals surface area contributed by atoms with Gasteiger partial charge in [-0.05, 0) is 75.7 Å². The molecule has 0 aliphatic carbocycles. The zero-order chi connectivity index (χ0) is 30.5. The van der Waals surface area contributed by atoms with Gasteiger partial charge in [-0.15, -0.1) is 0 Å². The van der Waals surface area contributed by atoms with Gasteiger partial charge in [0.25, 0.3) is 17.4 Å². The van der Waals surface area contributed by atoms with Crippen LogP contribution >= 0.6 is 15.9 Å². The van der Waals surface area contributed by atoms with E-state index in [2.05, 4.69) is 26.3 Å². The first-order valence-electron chi connectivity index (χ1n) is 13.0. The van der Waals surface area contributed by atoms with Gasteiger partial charge in [-0.3, -0.25) is 14.4 Å². The number of carbonyl (C=O) groups is 2. The van der Waals surface area contributed by atoms with E-state index in [4.69, 9.17) is 4.98 Å². The van der Waals surface area contributed by atoms with Crippen molar-refractivity contribution in [2.75, 3.05) is 7.05 Å². The van der Waals surface area contributed by atoms with Crippen LogP contribution in [-0.2, 0) is 19.1 Å². The zero-order valence-electron chi connectivity index (χ0n) is 23.1. The van der Waals surface area contributed by atoms with Gasteiger partial charge in [0, 0.05) is 39.9 Å². The Morgan fingerprint density at radius 1 is 1.05 bits per heavy atom. The summed E-state index contributed by atoms with van der Waals surface area (Å²) in [5, 5.41) is 7.07. The number of nitrogens with one attached hydrogen (secondary N) is 1. The van der Waals surface area contributed by atoms with Crippen molar-refractivity contribution < 1.29 is 22.8 Å². The molecule has 1 aliphatic rings. The molecule has 0 spiro atoms. The lowest BCUT2D eigenvalue weighted by Gasteiger charge is -2.34.